The summed E-state index contributed by atoms with van der Waals surface area (Å²) in [5, 5.41) is 6.66. The molecule has 25 heavy (non-hydrogen) atoms. The monoisotopic (exact) mass is 353 g/mol. The molecule has 2 amide bonds. The molecule has 2 aromatic carbocycles. The Hall–Kier alpha value is -2.92. The summed E-state index contributed by atoms with van der Waals surface area (Å²) in [6.07, 6.45) is 1.59. The van der Waals surface area contributed by atoms with Crippen LogP contribution in [0.2, 0.25) is 5.02 Å². The number of para-hydroxylation sites is 1. The lowest BCUT2D eigenvalue weighted by atomic mass is 10.2. The maximum atomic E-state index is 12.3. The van der Waals surface area contributed by atoms with Crippen molar-refractivity contribution in [3.8, 4) is 0 Å². The van der Waals surface area contributed by atoms with Crippen molar-refractivity contribution in [3.63, 3.8) is 0 Å². The number of rotatable bonds is 4. The molecule has 0 aliphatic carbocycles. The topological polar surface area (TPSA) is 71.1 Å². The number of fused-ring (bicyclic) bond motifs is 1. The molecule has 0 saturated carbocycles. The molecule has 1 aromatic heterocycles. The molecule has 0 spiro atoms. The van der Waals surface area contributed by atoms with Crippen LogP contribution in [0.25, 0.3) is 10.9 Å². The number of pyridine rings is 1. The van der Waals surface area contributed by atoms with E-state index in [0.29, 0.717) is 16.3 Å². The predicted octanol–water partition coefficient (Wildman–Crippen LogP) is 3.65. The van der Waals surface area contributed by atoms with Crippen LogP contribution in [-0.2, 0) is 4.79 Å². The Labute approximate surface area is 150 Å². The molecule has 1 unspecified atom stereocenters. The Bertz CT molecular complexity index is 943. The van der Waals surface area contributed by atoms with Gasteiger partial charge in [0.1, 0.15) is 6.04 Å². The van der Waals surface area contributed by atoms with Gasteiger partial charge in [-0.25, -0.2) is 0 Å². The normalized spacial score (nSPS) is 11.8. The van der Waals surface area contributed by atoms with E-state index in [1.165, 1.54) is 0 Å². The van der Waals surface area contributed by atoms with Crippen molar-refractivity contribution >= 4 is 40.0 Å². The molecule has 5 nitrogen and oxygen atoms in total. The summed E-state index contributed by atoms with van der Waals surface area (Å²) in [6.45, 7) is 1.61. The summed E-state index contributed by atoms with van der Waals surface area (Å²) < 4.78 is 0. The third-order valence-corrected chi connectivity index (χ3v) is 4.05. The van der Waals surface area contributed by atoms with E-state index in [1.54, 1.807) is 37.4 Å². The van der Waals surface area contributed by atoms with Gasteiger partial charge in [0.2, 0.25) is 5.91 Å². The van der Waals surface area contributed by atoms with Crippen LogP contribution in [0.3, 0.4) is 0 Å². The van der Waals surface area contributed by atoms with Gasteiger partial charge in [-0.3, -0.25) is 14.6 Å². The van der Waals surface area contributed by atoms with E-state index < -0.39 is 11.9 Å². The number of benzene rings is 2. The molecule has 0 radical (unpaired) electrons. The van der Waals surface area contributed by atoms with E-state index >= 15 is 0 Å². The lowest BCUT2D eigenvalue weighted by Crippen LogP contribution is -2.41. The van der Waals surface area contributed by atoms with E-state index in [0.717, 1.165) is 10.9 Å². The molecule has 1 heterocycles. The summed E-state index contributed by atoms with van der Waals surface area (Å²) in [6, 6.07) is 15.4. The Balaban J connectivity index is 1.67. The molecule has 3 aromatic rings. The van der Waals surface area contributed by atoms with Gasteiger partial charge in [0.05, 0.1) is 28.0 Å². The van der Waals surface area contributed by atoms with Crippen LogP contribution in [0, 0.1) is 0 Å². The van der Waals surface area contributed by atoms with Gasteiger partial charge in [0, 0.05) is 5.39 Å². The smallest absolute Gasteiger partial charge is 0.253 e. The van der Waals surface area contributed by atoms with E-state index in [1.807, 2.05) is 30.3 Å². The van der Waals surface area contributed by atoms with Crippen LogP contribution in [0.15, 0.2) is 60.8 Å². The number of aromatic nitrogens is 1. The molecule has 126 valence electrons. The van der Waals surface area contributed by atoms with E-state index in [4.69, 9.17) is 11.6 Å². The summed E-state index contributed by atoms with van der Waals surface area (Å²) in [7, 11) is 0. The molecule has 6 heteroatoms. The zero-order valence-corrected chi connectivity index (χ0v) is 14.2. The van der Waals surface area contributed by atoms with Crippen LogP contribution >= 0.6 is 11.6 Å². The van der Waals surface area contributed by atoms with Crippen molar-refractivity contribution in [2.75, 3.05) is 5.32 Å². The highest BCUT2D eigenvalue weighted by atomic mass is 35.5. The van der Waals surface area contributed by atoms with Crippen molar-refractivity contribution in [3.05, 3.63) is 71.4 Å². The largest absolute Gasteiger partial charge is 0.340 e. The summed E-state index contributed by atoms with van der Waals surface area (Å²) in [4.78, 5) is 28.8. The number of hydrogen-bond donors (Lipinski definition) is 2. The number of nitrogens with zero attached hydrogens (tertiary/aromatic N) is 1. The first-order chi connectivity index (χ1) is 12.0. The van der Waals surface area contributed by atoms with Crippen LogP contribution in [0.1, 0.15) is 17.3 Å². The summed E-state index contributed by atoms with van der Waals surface area (Å²) >= 11 is 6.00. The minimum atomic E-state index is -0.727. The maximum absolute atomic E-state index is 12.3. The number of nitrogens with one attached hydrogen (secondary N) is 2. The fourth-order valence-electron chi connectivity index (χ4n) is 2.38. The molecule has 2 N–H and O–H groups in total. The van der Waals surface area contributed by atoms with Crippen LogP contribution in [0.5, 0.6) is 0 Å². The number of halogens is 1. The van der Waals surface area contributed by atoms with E-state index in [2.05, 4.69) is 15.6 Å². The third kappa shape index (κ3) is 3.95. The molecule has 0 fully saturated rings. The lowest BCUT2D eigenvalue weighted by Gasteiger charge is -2.15. The van der Waals surface area contributed by atoms with Crippen molar-refractivity contribution in [1.82, 2.24) is 10.3 Å². The molecule has 0 aliphatic heterocycles. The maximum Gasteiger partial charge on any atom is 0.253 e. The summed E-state index contributed by atoms with van der Waals surface area (Å²) in [5.41, 5.74) is 1.75. The number of carbonyl (C=O) groups is 2. The van der Waals surface area contributed by atoms with Gasteiger partial charge in [-0.15, -0.1) is 0 Å². The van der Waals surface area contributed by atoms with Crippen LogP contribution < -0.4 is 10.6 Å². The minimum Gasteiger partial charge on any atom is -0.340 e. The van der Waals surface area contributed by atoms with Crippen molar-refractivity contribution in [1.29, 1.82) is 0 Å². The fourth-order valence-corrected chi connectivity index (χ4v) is 2.60. The minimum absolute atomic E-state index is 0.330. The van der Waals surface area contributed by atoms with Gasteiger partial charge in [-0.1, -0.05) is 41.9 Å². The number of hydrogen-bond acceptors (Lipinski definition) is 3. The number of carbonyl (C=O) groups excluding carboxylic acids is 2. The average Bonchev–Trinajstić information content (AvgIpc) is 2.61. The second-order valence-corrected chi connectivity index (χ2v) is 5.99. The van der Waals surface area contributed by atoms with Crippen LogP contribution in [0.4, 0.5) is 5.69 Å². The zero-order chi connectivity index (χ0) is 17.8. The summed E-state index contributed by atoms with van der Waals surface area (Å²) in [5.74, 6) is -0.734. The quantitative estimate of drug-likeness (QED) is 0.752. The van der Waals surface area contributed by atoms with Gasteiger partial charge >= 0.3 is 0 Å². The first-order valence-electron chi connectivity index (χ1n) is 7.75. The highest BCUT2D eigenvalue weighted by molar-refractivity contribution is 6.33. The van der Waals surface area contributed by atoms with Crippen molar-refractivity contribution in [2.45, 2.75) is 13.0 Å². The SMILES string of the molecule is CC(NC(=O)c1ccccc1Cl)C(=O)Nc1cnc2ccccc2c1. The molecule has 1 atom stereocenters. The first kappa shape index (κ1) is 16.9. The molecule has 0 aliphatic rings. The molecule has 0 saturated heterocycles. The van der Waals surface area contributed by atoms with Crippen molar-refractivity contribution < 1.29 is 9.59 Å². The standard InChI is InChI=1S/C19H16ClN3O2/c1-12(22-19(25)15-7-3-4-8-16(15)20)18(24)23-14-10-13-6-2-5-9-17(13)21-11-14/h2-12H,1H3,(H,22,25)(H,23,24). The molecular weight excluding hydrogens is 338 g/mol. The first-order valence-corrected chi connectivity index (χ1v) is 8.13. The third-order valence-electron chi connectivity index (χ3n) is 3.72. The van der Waals surface area contributed by atoms with Gasteiger partial charge < -0.3 is 10.6 Å². The van der Waals surface area contributed by atoms with Gasteiger partial charge in [-0.05, 0) is 31.2 Å². The second-order valence-electron chi connectivity index (χ2n) is 5.58. The van der Waals surface area contributed by atoms with Crippen molar-refractivity contribution in [2.24, 2.45) is 0 Å². The Kier molecular flexibility index (Phi) is 4.95. The Morgan fingerprint density at radius 2 is 1.80 bits per heavy atom. The molecule has 3 rings (SSSR count). The van der Waals surface area contributed by atoms with Gasteiger partial charge in [0.15, 0.2) is 0 Å². The average molecular weight is 354 g/mol. The van der Waals surface area contributed by atoms with Gasteiger partial charge in [-0.2, -0.15) is 0 Å². The molecule has 0 bridgehead atoms. The number of amides is 2. The second kappa shape index (κ2) is 7.32. The van der Waals surface area contributed by atoms with Gasteiger partial charge in [0.25, 0.3) is 5.91 Å². The highest BCUT2D eigenvalue weighted by Crippen LogP contribution is 2.17. The fraction of sp³-hybridized carbons (Fsp3) is 0.105. The highest BCUT2D eigenvalue weighted by Gasteiger charge is 2.18. The Morgan fingerprint density at radius 1 is 1.08 bits per heavy atom. The Morgan fingerprint density at radius 3 is 2.60 bits per heavy atom. The van der Waals surface area contributed by atoms with E-state index in [9.17, 15) is 9.59 Å². The van der Waals surface area contributed by atoms with Crippen LogP contribution in [-0.4, -0.2) is 22.8 Å². The number of anilines is 1. The predicted molar refractivity (Wildman–Crippen MR) is 98.8 cm³/mol. The van der Waals surface area contributed by atoms with E-state index in [-0.39, 0.29) is 5.91 Å². The molecular formula is C19H16ClN3O2. The zero-order valence-electron chi connectivity index (χ0n) is 13.5. The lowest BCUT2D eigenvalue weighted by molar-refractivity contribution is -0.117.